The monoisotopic (exact) mass is 617 g/mol. The SMILES string of the molecule is C#Cc1c(F)ccc2cc(O)cc(-c3ncc4c(N5CCC(COC)CC5)nc(OCC56CCCN5CC(F)C6)nc4c3F)c12. The number of piperidine rings is 1. The summed E-state index contributed by atoms with van der Waals surface area (Å²) in [7, 11) is 1.69. The zero-order chi connectivity index (χ0) is 31.3. The number of terminal acetylenes is 1. The minimum absolute atomic E-state index is 0.00720. The van der Waals surface area contributed by atoms with Crippen LogP contribution in [0.3, 0.4) is 0 Å². The Labute approximate surface area is 259 Å². The lowest BCUT2D eigenvalue weighted by Crippen LogP contribution is -2.43. The Bertz CT molecular complexity index is 1820. The number of rotatable bonds is 7. The normalized spacial score (nSPS) is 22.3. The van der Waals surface area contributed by atoms with Gasteiger partial charge in [0.15, 0.2) is 5.82 Å². The lowest BCUT2D eigenvalue weighted by Gasteiger charge is -2.33. The van der Waals surface area contributed by atoms with Crippen LogP contribution in [0.2, 0.25) is 0 Å². The number of aromatic hydroxyl groups is 1. The largest absolute Gasteiger partial charge is 0.508 e. The number of fused-ring (bicyclic) bond motifs is 3. The van der Waals surface area contributed by atoms with Gasteiger partial charge in [-0.2, -0.15) is 9.97 Å². The minimum atomic E-state index is -0.920. The van der Waals surface area contributed by atoms with Crippen LogP contribution in [0.15, 0.2) is 30.5 Å². The van der Waals surface area contributed by atoms with E-state index in [1.165, 1.54) is 30.5 Å². The van der Waals surface area contributed by atoms with Gasteiger partial charge in [0.1, 0.15) is 41.4 Å². The Kier molecular flexibility index (Phi) is 7.66. The molecule has 2 aromatic carbocycles. The van der Waals surface area contributed by atoms with E-state index in [-0.39, 0.29) is 46.1 Å². The highest BCUT2D eigenvalue weighted by Gasteiger charge is 2.49. The molecule has 5 heterocycles. The average molecular weight is 618 g/mol. The van der Waals surface area contributed by atoms with Crippen LogP contribution in [0.5, 0.6) is 11.8 Å². The van der Waals surface area contributed by atoms with Gasteiger partial charge in [0.25, 0.3) is 0 Å². The number of hydrogen-bond acceptors (Lipinski definition) is 8. The summed E-state index contributed by atoms with van der Waals surface area (Å²) in [5.41, 5.74) is -0.520. The van der Waals surface area contributed by atoms with Gasteiger partial charge in [0.05, 0.1) is 16.5 Å². The van der Waals surface area contributed by atoms with E-state index < -0.39 is 23.3 Å². The molecule has 2 aromatic heterocycles. The molecule has 11 heteroatoms. The molecule has 1 N–H and O–H groups in total. The highest BCUT2D eigenvalue weighted by atomic mass is 19.1. The number of pyridine rings is 1. The van der Waals surface area contributed by atoms with Crippen LogP contribution < -0.4 is 9.64 Å². The smallest absolute Gasteiger partial charge is 0.319 e. The molecule has 3 aliphatic heterocycles. The van der Waals surface area contributed by atoms with Crippen molar-refractivity contribution in [1.29, 1.82) is 0 Å². The van der Waals surface area contributed by atoms with E-state index in [9.17, 15) is 13.9 Å². The van der Waals surface area contributed by atoms with Crippen molar-refractivity contribution in [2.45, 2.75) is 43.8 Å². The third-order valence-corrected chi connectivity index (χ3v) is 9.64. The predicted molar refractivity (Wildman–Crippen MR) is 165 cm³/mol. The summed E-state index contributed by atoms with van der Waals surface area (Å²) in [6.07, 6.45) is 10.1. The van der Waals surface area contributed by atoms with Gasteiger partial charge in [-0.25, -0.2) is 13.2 Å². The number of halogens is 3. The Morgan fingerprint density at radius 3 is 2.76 bits per heavy atom. The number of benzene rings is 2. The first-order valence-electron chi connectivity index (χ1n) is 15.3. The van der Waals surface area contributed by atoms with Crippen LogP contribution in [0.4, 0.5) is 19.0 Å². The molecule has 4 aromatic rings. The number of ether oxygens (including phenoxy) is 2. The van der Waals surface area contributed by atoms with Gasteiger partial charge in [-0.15, -0.1) is 6.42 Å². The predicted octanol–water partition coefficient (Wildman–Crippen LogP) is 5.63. The lowest BCUT2D eigenvalue weighted by molar-refractivity contribution is 0.107. The van der Waals surface area contributed by atoms with Crippen molar-refractivity contribution < 1.29 is 27.8 Å². The maximum atomic E-state index is 16.7. The second kappa shape index (κ2) is 11.7. The fourth-order valence-corrected chi connectivity index (χ4v) is 7.46. The Morgan fingerprint density at radius 2 is 1.98 bits per heavy atom. The molecule has 0 bridgehead atoms. The van der Waals surface area contributed by atoms with Crippen molar-refractivity contribution in [2.75, 3.05) is 51.4 Å². The summed E-state index contributed by atoms with van der Waals surface area (Å²) in [5, 5.41) is 11.6. The molecule has 3 fully saturated rings. The number of phenolic OH excluding ortho intramolecular Hbond substituents is 1. The zero-order valence-electron chi connectivity index (χ0n) is 25.0. The standard InChI is InChI=1S/C34H34F3N5O3/c1-3-24-27(36)6-5-21-13-23(43)14-25(28(21)24)30-29(37)31-26(16-38-30)32(41-11-7-20(8-12-41)18-44-2)40-33(39-31)45-19-34-9-4-10-42(34)17-22(35)15-34/h1,5-6,13-14,16,20,22,43H,4,7-12,15,17-19H2,2H3. The lowest BCUT2D eigenvalue weighted by atomic mass is 9.95. The van der Waals surface area contributed by atoms with Crippen LogP contribution >= 0.6 is 0 Å². The van der Waals surface area contributed by atoms with Crippen molar-refractivity contribution in [3.63, 3.8) is 0 Å². The first-order valence-corrected chi connectivity index (χ1v) is 15.3. The van der Waals surface area contributed by atoms with Crippen LogP contribution in [-0.4, -0.2) is 83.2 Å². The van der Waals surface area contributed by atoms with Crippen molar-refractivity contribution in [1.82, 2.24) is 19.9 Å². The number of phenols is 1. The molecular formula is C34H34F3N5O3. The Balaban J connectivity index is 1.35. The van der Waals surface area contributed by atoms with Crippen molar-refractivity contribution >= 4 is 27.5 Å². The number of nitrogens with zero attached hydrogens (tertiary/aromatic N) is 5. The van der Waals surface area contributed by atoms with Gasteiger partial charge >= 0.3 is 6.01 Å². The quantitative estimate of drug-likeness (QED) is 0.268. The van der Waals surface area contributed by atoms with Gasteiger partial charge < -0.3 is 19.5 Å². The summed E-state index contributed by atoms with van der Waals surface area (Å²) in [6, 6.07) is 5.44. The zero-order valence-corrected chi connectivity index (χ0v) is 25.0. The van der Waals surface area contributed by atoms with E-state index in [4.69, 9.17) is 20.9 Å². The topological polar surface area (TPSA) is 83.8 Å². The summed E-state index contributed by atoms with van der Waals surface area (Å²) in [6.45, 7) is 3.39. The molecule has 2 unspecified atom stereocenters. The van der Waals surface area contributed by atoms with Crippen LogP contribution in [0.1, 0.15) is 37.7 Å². The van der Waals surface area contributed by atoms with E-state index >= 15 is 4.39 Å². The minimum Gasteiger partial charge on any atom is -0.508 e. The van der Waals surface area contributed by atoms with E-state index in [2.05, 4.69) is 25.7 Å². The van der Waals surface area contributed by atoms with Crippen LogP contribution in [0.25, 0.3) is 32.9 Å². The molecule has 7 rings (SSSR count). The fourth-order valence-electron chi connectivity index (χ4n) is 7.46. The molecule has 0 amide bonds. The van der Waals surface area contributed by atoms with E-state index in [0.717, 1.165) is 32.2 Å². The van der Waals surface area contributed by atoms with E-state index in [0.29, 0.717) is 55.2 Å². The van der Waals surface area contributed by atoms with E-state index in [1.807, 2.05) is 0 Å². The van der Waals surface area contributed by atoms with Crippen molar-refractivity contribution in [3.8, 4) is 35.4 Å². The maximum absolute atomic E-state index is 16.7. The number of alkyl halides is 1. The number of hydrogen-bond donors (Lipinski definition) is 1. The highest BCUT2D eigenvalue weighted by molar-refractivity contribution is 6.03. The van der Waals surface area contributed by atoms with Gasteiger partial charge in [-0.1, -0.05) is 12.0 Å². The second-order valence-corrected chi connectivity index (χ2v) is 12.4. The third kappa shape index (κ3) is 5.20. The molecule has 45 heavy (non-hydrogen) atoms. The van der Waals surface area contributed by atoms with Crippen molar-refractivity contribution in [2.24, 2.45) is 5.92 Å². The first-order chi connectivity index (χ1) is 21.8. The highest BCUT2D eigenvalue weighted by Crippen LogP contribution is 2.42. The van der Waals surface area contributed by atoms with Gasteiger partial charge in [0, 0.05) is 56.9 Å². The number of methoxy groups -OCH3 is 1. The first kappa shape index (κ1) is 29.6. The fraction of sp³-hybridized carbons (Fsp3) is 0.441. The van der Waals surface area contributed by atoms with Crippen molar-refractivity contribution in [3.05, 3.63) is 47.7 Å². The molecular weight excluding hydrogens is 583 g/mol. The van der Waals surface area contributed by atoms with Crippen LogP contribution in [0, 0.1) is 29.9 Å². The Hall–Kier alpha value is -4.14. The van der Waals surface area contributed by atoms with Gasteiger partial charge in [0.2, 0.25) is 0 Å². The number of anilines is 1. The summed E-state index contributed by atoms with van der Waals surface area (Å²) >= 11 is 0. The molecule has 0 radical (unpaired) electrons. The Morgan fingerprint density at radius 1 is 1.16 bits per heavy atom. The molecule has 3 aliphatic rings. The maximum Gasteiger partial charge on any atom is 0.319 e. The summed E-state index contributed by atoms with van der Waals surface area (Å²) < 4.78 is 57.5. The molecule has 8 nitrogen and oxygen atoms in total. The second-order valence-electron chi connectivity index (χ2n) is 12.4. The molecule has 234 valence electrons. The molecule has 2 atom stereocenters. The van der Waals surface area contributed by atoms with Gasteiger partial charge in [-0.3, -0.25) is 9.88 Å². The molecule has 0 spiro atoms. The number of aromatic nitrogens is 3. The van der Waals surface area contributed by atoms with Crippen LogP contribution in [-0.2, 0) is 4.74 Å². The molecule has 0 saturated carbocycles. The molecule has 3 saturated heterocycles. The summed E-state index contributed by atoms with van der Waals surface area (Å²) in [5.74, 6) is 1.70. The van der Waals surface area contributed by atoms with Gasteiger partial charge in [-0.05, 0) is 61.7 Å². The molecule has 0 aliphatic carbocycles. The average Bonchev–Trinajstić information content (AvgIpc) is 3.56. The van der Waals surface area contributed by atoms with E-state index in [1.54, 1.807) is 7.11 Å². The summed E-state index contributed by atoms with van der Waals surface area (Å²) in [4.78, 5) is 18.0. The third-order valence-electron chi connectivity index (χ3n) is 9.64.